The van der Waals surface area contributed by atoms with E-state index in [2.05, 4.69) is 5.32 Å². The minimum Gasteiger partial charge on any atom is -0.457 e. The molecule has 3 aromatic carbocycles. The number of Topliss-reactive ketones (excluding diaryl/α,β-unsaturated/α-hetero) is 1. The molecule has 1 N–H and O–H groups in total. The van der Waals surface area contributed by atoms with Crippen LogP contribution < -0.4 is 5.32 Å². The lowest BCUT2D eigenvalue weighted by Crippen LogP contribution is -2.31. The number of hydrogen-bond acceptors (Lipinski definition) is 5. The van der Waals surface area contributed by atoms with E-state index >= 15 is 0 Å². The summed E-state index contributed by atoms with van der Waals surface area (Å²) in [7, 11) is 0. The minimum absolute atomic E-state index is 0.0821. The number of carbonyl (C=O) groups excluding carboxylic acids is 3. The molecule has 0 saturated carbocycles. The number of rotatable bonds is 9. The third kappa shape index (κ3) is 6.55. The highest BCUT2D eigenvalue weighted by Crippen LogP contribution is 2.19. The maximum atomic E-state index is 12.6. The first-order chi connectivity index (χ1) is 15.1. The zero-order chi connectivity index (χ0) is 22.1. The Bertz CT molecular complexity index is 1020. The molecular weight excluding hydrogens is 410 g/mol. The topological polar surface area (TPSA) is 72.5 Å². The summed E-state index contributed by atoms with van der Waals surface area (Å²) < 4.78 is 5.21. The van der Waals surface area contributed by atoms with Gasteiger partial charge in [0, 0.05) is 16.0 Å². The van der Waals surface area contributed by atoms with Crippen molar-refractivity contribution in [2.45, 2.75) is 17.4 Å². The van der Waals surface area contributed by atoms with Gasteiger partial charge in [-0.15, -0.1) is 11.8 Å². The lowest BCUT2D eigenvalue weighted by molar-refractivity contribution is -0.143. The molecular formula is C25H23NO4S. The standard InChI is InChI=1S/C25H23NO4S/c1-31-21-14-12-19(13-15-21)23(27)17-30-24(28)16-22(18-8-4-2-5-9-18)26-25(29)20-10-6-3-7-11-20/h2-15,22H,16-17H2,1H3,(H,26,29). The van der Waals surface area contributed by atoms with Crippen LogP contribution in [-0.4, -0.2) is 30.5 Å². The lowest BCUT2D eigenvalue weighted by atomic mass is 10.0. The molecule has 0 bridgehead atoms. The number of ketones is 1. The second-order valence-electron chi connectivity index (χ2n) is 6.82. The first-order valence-electron chi connectivity index (χ1n) is 9.80. The van der Waals surface area contributed by atoms with E-state index in [1.165, 1.54) is 0 Å². The van der Waals surface area contributed by atoms with Gasteiger partial charge in [-0.2, -0.15) is 0 Å². The van der Waals surface area contributed by atoms with Crippen LogP contribution >= 0.6 is 11.8 Å². The fourth-order valence-electron chi connectivity index (χ4n) is 3.00. The van der Waals surface area contributed by atoms with Crippen molar-refractivity contribution in [3.8, 4) is 0 Å². The zero-order valence-corrected chi connectivity index (χ0v) is 17.9. The fourth-order valence-corrected chi connectivity index (χ4v) is 3.41. The van der Waals surface area contributed by atoms with Gasteiger partial charge in [-0.25, -0.2) is 0 Å². The first-order valence-corrected chi connectivity index (χ1v) is 11.0. The molecule has 1 unspecified atom stereocenters. The molecule has 0 aliphatic rings. The van der Waals surface area contributed by atoms with Crippen molar-refractivity contribution in [2.24, 2.45) is 0 Å². The van der Waals surface area contributed by atoms with E-state index in [0.29, 0.717) is 11.1 Å². The summed E-state index contributed by atoms with van der Waals surface area (Å²) in [5.74, 6) is -1.12. The van der Waals surface area contributed by atoms with E-state index in [0.717, 1.165) is 10.5 Å². The molecule has 0 spiro atoms. The number of amides is 1. The van der Waals surface area contributed by atoms with Crippen LogP contribution in [0.5, 0.6) is 0 Å². The third-order valence-electron chi connectivity index (χ3n) is 4.69. The number of hydrogen-bond donors (Lipinski definition) is 1. The van der Waals surface area contributed by atoms with Crippen molar-refractivity contribution < 1.29 is 19.1 Å². The molecule has 3 rings (SSSR count). The molecule has 0 aliphatic heterocycles. The van der Waals surface area contributed by atoms with Crippen LogP contribution in [0, 0.1) is 0 Å². The quantitative estimate of drug-likeness (QED) is 0.301. The Kier molecular flexibility index (Phi) is 8.01. The molecule has 1 atom stereocenters. The molecule has 0 heterocycles. The van der Waals surface area contributed by atoms with Gasteiger partial charge in [0.05, 0.1) is 12.5 Å². The minimum atomic E-state index is -0.572. The molecule has 1 amide bonds. The lowest BCUT2D eigenvalue weighted by Gasteiger charge is -2.18. The Morgan fingerprint density at radius 2 is 1.45 bits per heavy atom. The first kappa shape index (κ1) is 22.3. The average molecular weight is 434 g/mol. The van der Waals surface area contributed by atoms with Crippen LogP contribution in [0.25, 0.3) is 0 Å². The molecule has 0 aromatic heterocycles. The van der Waals surface area contributed by atoms with Crippen LogP contribution in [0.4, 0.5) is 0 Å². The monoisotopic (exact) mass is 433 g/mol. The van der Waals surface area contributed by atoms with Gasteiger partial charge in [0.15, 0.2) is 12.4 Å². The molecule has 5 nitrogen and oxygen atoms in total. The molecule has 6 heteroatoms. The highest BCUT2D eigenvalue weighted by atomic mass is 32.2. The van der Waals surface area contributed by atoms with E-state index in [9.17, 15) is 14.4 Å². The van der Waals surface area contributed by atoms with Crippen LogP contribution in [0.15, 0.2) is 89.8 Å². The van der Waals surface area contributed by atoms with E-state index in [-0.39, 0.29) is 24.7 Å². The number of thioether (sulfide) groups is 1. The maximum Gasteiger partial charge on any atom is 0.308 e. The van der Waals surface area contributed by atoms with Gasteiger partial charge < -0.3 is 10.1 Å². The summed E-state index contributed by atoms with van der Waals surface area (Å²) in [5, 5.41) is 2.89. The van der Waals surface area contributed by atoms with Gasteiger partial charge in [-0.3, -0.25) is 14.4 Å². The molecule has 158 valence electrons. The summed E-state index contributed by atoms with van der Waals surface area (Å²) in [6.45, 7) is -0.342. The van der Waals surface area contributed by atoms with Gasteiger partial charge in [-0.05, 0) is 36.1 Å². The highest BCUT2D eigenvalue weighted by Gasteiger charge is 2.21. The Morgan fingerprint density at radius 1 is 0.839 bits per heavy atom. The van der Waals surface area contributed by atoms with E-state index in [4.69, 9.17) is 4.74 Å². The maximum absolute atomic E-state index is 12.6. The van der Waals surface area contributed by atoms with Crippen LogP contribution in [0.2, 0.25) is 0 Å². The summed E-state index contributed by atoms with van der Waals surface area (Å²) in [6, 6.07) is 24.6. The molecule has 0 saturated heterocycles. The Hall–Kier alpha value is -3.38. The van der Waals surface area contributed by atoms with Crippen molar-refractivity contribution in [2.75, 3.05) is 12.9 Å². The summed E-state index contributed by atoms with van der Waals surface area (Å²) in [4.78, 5) is 38.4. The van der Waals surface area contributed by atoms with Gasteiger partial charge >= 0.3 is 5.97 Å². The highest BCUT2D eigenvalue weighted by molar-refractivity contribution is 7.98. The normalized spacial score (nSPS) is 11.4. The average Bonchev–Trinajstić information content (AvgIpc) is 2.83. The van der Waals surface area contributed by atoms with Gasteiger partial charge in [0.1, 0.15) is 0 Å². The number of esters is 1. The molecule has 0 fully saturated rings. The van der Waals surface area contributed by atoms with Crippen molar-refractivity contribution in [1.82, 2.24) is 5.32 Å². The molecule has 0 radical (unpaired) electrons. The summed E-state index contributed by atoms with van der Waals surface area (Å²) in [5.41, 5.74) is 1.77. The van der Waals surface area contributed by atoms with Gasteiger partial charge in [-0.1, -0.05) is 60.7 Å². The molecule has 31 heavy (non-hydrogen) atoms. The Balaban J connectivity index is 1.62. The number of nitrogens with one attached hydrogen (secondary N) is 1. The van der Waals surface area contributed by atoms with Crippen LogP contribution in [-0.2, 0) is 9.53 Å². The predicted octanol–water partition coefficient (Wildman–Crippen LogP) is 4.70. The number of carbonyl (C=O) groups is 3. The number of ether oxygens (including phenoxy) is 1. The van der Waals surface area contributed by atoms with E-state index < -0.39 is 12.0 Å². The SMILES string of the molecule is CSc1ccc(C(=O)COC(=O)CC(NC(=O)c2ccccc2)c2ccccc2)cc1. The molecule has 0 aliphatic carbocycles. The zero-order valence-electron chi connectivity index (χ0n) is 17.1. The van der Waals surface area contributed by atoms with E-state index in [1.807, 2.05) is 54.8 Å². The second kappa shape index (κ2) is 11.1. The van der Waals surface area contributed by atoms with Crippen molar-refractivity contribution >= 4 is 29.4 Å². The smallest absolute Gasteiger partial charge is 0.308 e. The largest absolute Gasteiger partial charge is 0.457 e. The summed E-state index contributed by atoms with van der Waals surface area (Å²) in [6.07, 6.45) is 1.87. The van der Waals surface area contributed by atoms with E-state index in [1.54, 1.807) is 48.2 Å². The summed E-state index contributed by atoms with van der Waals surface area (Å²) >= 11 is 1.58. The number of benzene rings is 3. The molecule has 3 aromatic rings. The van der Waals surface area contributed by atoms with Gasteiger partial charge in [0.25, 0.3) is 5.91 Å². The van der Waals surface area contributed by atoms with Crippen molar-refractivity contribution in [3.05, 3.63) is 102 Å². The predicted molar refractivity (Wildman–Crippen MR) is 121 cm³/mol. The van der Waals surface area contributed by atoms with Crippen molar-refractivity contribution in [3.63, 3.8) is 0 Å². The van der Waals surface area contributed by atoms with Crippen LogP contribution in [0.1, 0.15) is 38.7 Å². The third-order valence-corrected chi connectivity index (χ3v) is 5.43. The second-order valence-corrected chi connectivity index (χ2v) is 7.70. The Labute approximate surface area is 185 Å². The Morgan fingerprint density at radius 3 is 2.06 bits per heavy atom. The van der Waals surface area contributed by atoms with Crippen molar-refractivity contribution in [1.29, 1.82) is 0 Å². The van der Waals surface area contributed by atoms with Gasteiger partial charge in [0.2, 0.25) is 0 Å². The van der Waals surface area contributed by atoms with Crippen LogP contribution in [0.3, 0.4) is 0 Å². The fraction of sp³-hybridized carbons (Fsp3) is 0.160.